The molecule has 0 amide bonds. The van der Waals surface area contributed by atoms with Crippen molar-refractivity contribution in [3.8, 4) is 0 Å². The molecule has 0 aliphatic carbocycles. The van der Waals surface area contributed by atoms with Crippen molar-refractivity contribution in [1.29, 1.82) is 0 Å². The average molecular weight is 293 g/mol. The predicted octanol–water partition coefficient (Wildman–Crippen LogP) is 2.54. The van der Waals surface area contributed by atoms with Crippen LogP contribution in [0.4, 0.5) is 4.39 Å². The molecule has 2 N–H and O–H groups in total. The summed E-state index contributed by atoms with van der Waals surface area (Å²) in [5, 5.41) is 19.7. The molecule has 1 aromatic carbocycles. The summed E-state index contributed by atoms with van der Waals surface area (Å²) < 4.78 is 12.8. The molecule has 6 heteroatoms. The normalized spacial score (nSPS) is 14.3. The molecular formula is C12H14ClFO3S. The molecule has 2 unspecified atom stereocenters. The fourth-order valence-electron chi connectivity index (χ4n) is 1.43. The second-order valence-corrected chi connectivity index (χ2v) is 5.49. The standard InChI is InChI=1S/C12H14ClFO3S/c1-7(15)18-5-4-11(16)12(17)9-3-2-8(14)6-10(9)13/h2-3,6,11-12,16-17H,4-5H2,1H3. The Morgan fingerprint density at radius 3 is 2.72 bits per heavy atom. The molecule has 2 atom stereocenters. The Morgan fingerprint density at radius 1 is 1.50 bits per heavy atom. The molecule has 1 aromatic rings. The lowest BCUT2D eigenvalue weighted by Crippen LogP contribution is -2.19. The van der Waals surface area contributed by atoms with Crippen LogP contribution in [0.5, 0.6) is 0 Å². The van der Waals surface area contributed by atoms with Gasteiger partial charge in [0.25, 0.3) is 0 Å². The van der Waals surface area contributed by atoms with Gasteiger partial charge in [-0.1, -0.05) is 29.4 Å². The van der Waals surface area contributed by atoms with E-state index in [1.54, 1.807) is 0 Å². The zero-order chi connectivity index (χ0) is 13.7. The van der Waals surface area contributed by atoms with Gasteiger partial charge in [-0.2, -0.15) is 0 Å². The first-order valence-corrected chi connectivity index (χ1v) is 6.72. The van der Waals surface area contributed by atoms with Gasteiger partial charge in [-0.3, -0.25) is 4.79 Å². The molecule has 0 bridgehead atoms. The third kappa shape index (κ3) is 4.57. The minimum atomic E-state index is -1.19. The first-order valence-electron chi connectivity index (χ1n) is 5.36. The van der Waals surface area contributed by atoms with Crippen molar-refractivity contribution >= 4 is 28.5 Å². The second kappa shape index (κ2) is 7.09. The van der Waals surface area contributed by atoms with Gasteiger partial charge in [-0.25, -0.2) is 4.39 Å². The van der Waals surface area contributed by atoms with Crippen LogP contribution in [0.2, 0.25) is 5.02 Å². The van der Waals surface area contributed by atoms with E-state index in [0.29, 0.717) is 5.75 Å². The summed E-state index contributed by atoms with van der Waals surface area (Å²) in [6, 6.07) is 3.59. The summed E-state index contributed by atoms with van der Waals surface area (Å²) in [5.41, 5.74) is 0.276. The van der Waals surface area contributed by atoms with Gasteiger partial charge in [-0.15, -0.1) is 0 Å². The Hall–Kier alpha value is -0.620. The molecule has 3 nitrogen and oxygen atoms in total. The highest BCUT2D eigenvalue weighted by Gasteiger charge is 2.20. The van der Waals surface area contributed by atoms with Crippen molar-refractivity contribution in [2.75, 3.05) is 5.75 Å². The van der Waals surface area contributed by atoms with Crippen molar-refractivity contribution in [2.24, 2.45) is 0 Å². The molecule has 18 heavy (non-hydrogen) atoms. The molecule has 0 spiro atoms. The first-order chi connectivity index (χ1) is 8.41. The van der Waals surface area contributed by atoms with E-state index in [2.05, 4.69) is 0 Å². The van der Waals surface area contributed by atoms with Crippen LogP contribution in [0.25, 0.3) is 0 Å². The summed E-state index contributed by atoms with van der Waals surface area (Å²) in [5.74, 6) is -0.0931. The van der Waals surface area contributed by atoms with Gasteiger partial charge in [0, 0.05) is 23.3 Å². The monoisotopic (exact) mass is 292 g/mol. The fraction of sp³-hybridized carbons (Fsp3) is 0.417. The lowest BCUT2D eigenvalue weighted by atomic mass is 10.0. The SMILES string of the molecule is CC(=O)SCCC(O)C(O)c1ccc(F)cc1Cl. The highest BCUT2D eigenvalue weighted by molar-refractivity contribution is 8.13. The van der Waals surface area contributed by atoms with Crippen LogP contribution >= 0.6 is 23.4 Å². The largest absolute Gasteiger partial charge is 0.390 e. The van der Waals surface area contributed by atoms with E-state index in [1.807, 2.05) is 0 Å². The number of hydrogen-bond acceptors (Lipinski definition) is 4. The predicted molar refractivity (Wildman–Crippen MR) is 70.1 cm³/mol. The van der Waals surface area contributed by atoms with E-state index < -0.39 is 18.0 Å². The van der Waals surface area contributed by atoms with Gasteiger partial charge in [0.05, 0.1) is 6.10 Å². The topological polar surface area (TPSA) is 57.5 Å². The number of aliphatic hydroxyl groups is 2. The van der Waals surface area contributed by atoms with E-state index in [-0.39, 0.29) is 22.1 Å². The molecule has 0 aliphatic rings. The Labute approximate surface area is 114 Å². The third-order valence-corrected chi connectivity index (χ3v) is 3.54. The molecule has 0 heterocycles. The van der Waals surface area contributed by atoms with Gasteiger partial charge >= 0.3 is 0 Å². The molecule has 0 aliphatic heterocycles. The quantitative estimate of drug-likeness (QED) is 0.876. The van der Waals surface area contributed by atoms with Crippen LogP contribution < -0.4 is 0 Å². The van der Waals surface area contributed by atoms with E-state index >= 15 is 0 Å². The molecule has 0 radical (unpaired) electrons. The van der Waals surface area contributed by atoms with E-state index in [4.69, 9.17) is 11.6 Å². The minimum Gasteiger partial charge on any atom is -0.390 e. The summed E-state index contributed by atoms with van der Waals surface area (Å²) in [6.45, 7) is 1.43. The van der Waals surface area contributed by atoms with Gasteiger partial charge in [0.1, 0.15) is 11.9 Å². The van der Waals surface area contributed by atoms with Gasteiger partial charge < -0.3 is 10.2 Å². The van der Waals surface area contributed by atoms with Gasteiger partial charge in [-0.05, 0) is 18.6 Å². The minimum absolute atomic E-state index is 0.0449. The zero-order valence-corrected chi connectivity index (χ0v) is 11.3. The number of rotatable bonds is 5. The summed E-state index contributed by atoms with van der Waals surface area (Å²) >= 11 is 6.86. The maximum Gasteiger partial charge on any atom is 0.185 e. The average Bonchev–Trinajstić information content (AvgIpc) is 2.27. The fourth-order valence-corrected chi connectivity index (χ4v) is 2.36. The number of thioether (sulfide) groups is 1. The van der Waals surface area contributed by atoms with Crippen LogP contribution in [0.3, 0.4) is 0 Å². The molecule has 0 fully saturated rings. The molecule has 100 valence electrons. The summed E-state index contributed by atoms with van der Waals surface area (Å²) in [6.07, 6.45) is -1.98. The number of hydrogen-bond donors (Lipinski definition) is 2. The second-order valence-electron chi connectivity index (χ2n) is 3.81. The molecule has 0 saturated carbocycles. The Kier molecular flexibility index (Phi) is 6.08. The van der Waals surface area contributed by atoms with Crippen LogP contribution in [0.1, 0.15) is 25.0 Å². The molecule has 0 saturated heterocycles. The number of benzene rings is 1. The van der Waals surface area contributed by atoms with Crippen LogP contribution in [0.15, 0.2) is 18.2 Å². The zero-order valence-electron chi connectivity index (χ0n) is 9.77. The summed E-state index contributed by atoms with van der Waals surface area (Å²) in [4.78, 5) is 10.7. The van der Waals surface area contributed by atoms with E-state index in [9.17, 15) is 19.4 Å². The molecular weight excluding hydrogens is 279 g/mol. The van der Waals surface area contributed by atoms with Crippen LogP contribution in [0, 0.1) is 5.82 Å². The number of carbonyl (C=O) groups is 1. The highest BCUT2D eigenvalue weighted by Crippen LogP contribution is 2.27. The third-order valence-electron chi connectivity index (χ3n) is 2.36. The van der Waals surface area contributed by atoms with Crippen molar-refractivity contribution in [3.63, 3.8) is 0 Å². The van der Waals surface area contributed by atoms with Crippen molar-refractivity contribution in [3.05, 3.63) is 34.6 Å². The van der Waals surface area contributed by atoms with Gasteiger partial charge in [0.2, 0.25) is 0 Å². The Bertz CT molecular complexity index is 428. The number of aliphatic hydroxyl groups excluding tert-OH is 2. The maximum atomic E-state index is 12.8. The maximum absolute atomic E-state index is 12.8. The lowest BCUT2D eigenvalue weighted by molar-refractivity contribution is -0.109. The summed E-state index contributed by atoms with van der Waals surface area (Å²) in [7, 11) is 0. The van der Waals surface area contributed by atoms with E-state index in [0.717, 1.165) is 17.8 Å². The number of carbonyl (C=O) groups excluding carboxylic acids is 1. The number of halogens is 2. The van der Waals surface area contributed by atoms with Crippen molar-refractivity contribution < 1.29 is 19.4 Å². The smallest absolute Gasteiger partial charge is 0.185 e. The van der Waals surface area contributed by atoms with Crippen LogP contribution in [-0.2, 0) is 4.79 Å². The van der Waals surface area contributed by atoms with Crippen molar-refractivity contribution in [1.82, 2.24) is 0 Å². The van der Waals surface area contributed by atoms with Gasteiger partial charge in [0.15, 0.2) is 5.12 Å². The Morgan fingerprint density at radius 2 is 2.17 bits per heavy atom. The highest BCUT2D eigenvalue weighted by atomic mass is 35.5. The first kappa shape index (κ1) is 15.4. The van der Waals surface area contributed by atoms with E-state index in [1.165, 1.54) is 19.1 Å². The lowest BCUT2D eigenvalue weighted by Gasteiger charge is -2.18. The molecule has 0 aromatic heterocycles. The molecule has 1 rings (SSSR count). The van der Waals surface area contributed by atoms with Crippen LogP contribution in [-0.4, -0.2) is 27.2 Å². The van der Waals surface area contributed by atoms with Crippen molar-refractivity contribution in [2.45, 2.75) is 25.6 Å². The Balaban J connectivity index is 2.62.